The molecule has 1 unspecified atom stereocenters. The van der Waals surface area contributed by atoms with Gasteiger partial charge in [-0.05, 0) is 19.1 Å². The van der Waals surface area contributed by atoms with Crippen LogP contribution in [-0.2, 0) is 14.3 Å². The summed E-state index contributed by atoms with van der Waals surface area (Å²) in [6.45, 7) is 4.19. The highest BCUT2D eigenvalue weighted by Gasteiger charge is 2.34. The SMILES string of the molecule is COC1(CNCC(=O)Nc2ccc(C)cc2)CCOC1. The lowest BCUT2D eigenvalue weighted by molar-refractivity contribution is -0.115. The first-order chi connectivity index (χ1) is 9.63. The fourth-order valence-electron chi connectivity index (χ4n) is 2.21. The molecule has 1 atom stereocenters. The third-order valence-corrected chi connectivity index (χ3v) is 3.57. The van der Waals surface area contributed by atoms with Crippen LogP contribution in [0.1, 0.15) is 12.0 Å². The Bertz CT molecular complexity index is 439. The van der Waals surface area contributed by atoms with Crippen LogP contribution in [0, 0.1) is 6.92 Å². The Balaban J connectivity index is 1.73. The maximum atomic E-state index is 11.8. The summed E-state index contributed by atoms with van der Waals surface area (Å²) in [5, 5.41) is 5.98. The van der Waals surface area contributed by atoms with Gasteiger partial charge in [0.1, 0.15) is 5.60 Å². The number of anilines is 1. The first-order valence-corrected chi connectivity index (χ1v) is 6.84. The lowest BCUT2D eigenvalue weighted by Crippen LogP contribution is -2.45. The van der Waals surface area contributed by atoms with Crippen LogP contribution in [0.15, 0.2) is 24.3 Å². The molecule has 1 fully saturated rings. The molecule has 1 aliphatic heterocycles. The molecule has 0 aromatic heterocycles. The number of rotatable bonds is 6. The van der Waals surface area contributed by atoms with Crippen LogP contribution in [-0.4, -0.2) is 44.9 Å². The van der Waals surface area contributed by atoms with E-state index in [1.54, 1.807) is 7.11 Å². The maximum absolute atomic E-state index is 11.8. The molecule has 0 aliphatic carbocycles. The smallest absolute Gasteiger partial charge is 0.238 e. The molecule has 1 aromatic rings. The molecule has 1 aliphatic rings. The van der Waals surface area contributed by atoms with Crippen LogP contribution in [0.4, 0.5) is 5.69 Å². The Hall–Kier alpha value is -1.43. The number of hydrogen-bond acceptors (Lipinski definition) is 4. The van der Waals surface area contributed by atoms with Crippen molar-refractivity contribution in [3.63, 3.8) is 0 Å². The van der Waals surface area contributed by atoms with Gasteiger partial charge in [0.25, 0.3) is 0 Å². The number of aryl methyl sites for hydroxylation is 1. The lowest BCUT2D eigenvalue weighted by atomic mass is 10.0. The summed E-state index contributed by atoms with van der Waals surface area (Å²) in [6, 6.07) is 7.74. The van der Waals surface area contributed by atoms with E-state index in [1.165, 1.54) is 5.56 Å². The summed E-state index contributed by atoms with van der Waals surface area (Å²) in [5.41, 5.74) is 1.70. The summed E-state index contributed by atoms with van der Waals surface area (Å²) >= 11 is 0. The highest BCUT2D eigenvalue weighted by Crippen LogP contribution is 2.21. The van der Waals surface area contributed by atoms with Crippen molar-refractivity contribution < 1.29 is 14.3 Å². The van der Waals surface area contributed by atoms with Gasteiger partial charge in [-0.15, -0.1) is 0 Å². The van der Waals surface area contributed by atoms with Gasteiger partial charge >= 0.3 is 0 Å². The van der Waals surface area contributed by atoms with Crippen molar-refractivity contribution in [1.82, 2.24) is 5.32 Å². The molecule has 0 radical (unpaired) electrons. The number of amides is 1. The van der Waals surface area contributed by atoms with Gasteiger partial charge in [0.2, 0.25) is 5.91 Å². The van der Waals surface area contributed by atoms with Crippen molar-refractivity contribution in [2.24, 2.45) is 0 Å². The minimum atomic E-state index is -0.288. The summed E-state index contributed by atoms with van der Waals surface area (Å²) in [7, 11) is 1.68. The van der Waals surface area contributed by atoms with Gasteiger partial charge in [0.15, 0.2) is 0 Å². The zero-order valence-electron chi connectivity index (χ0n) is 12.1. The topological polar surface area (TPSA) is 59.6 Å². The number of carbonyl (C=O) groups excluding carboxylic acids is 1. The molecule has 1 aromatic carbocycles. The van der Waals surface area contributed by atoms with Crippen molar-refractivity contribution in [1.29, 1.82) is 0 Å². The number of carbonyl (C=O) groups is 1. The third-order valence-electron chi connectivity index (χ3n) is 3.57. The lowest BCUT2D eigenvalue weighted by Gasteiger charge is -2.25. The van der Waals surface area contributed by atoms with E-state index in [2.05, 4.69) is 10.6 Å². The average Bonchev–Trinajstić information content (AvgIpc) is 2.91. The molecular weight excluding hydrogens is 256 g/mol. The summed E-state index contributed by atoms with van der Waals surface area (Å²) in [4.78, 5) is 11.8. The zero-order valence-corrected chi connectivity index (χ0v) is 12.1. The van der Waals surface area contributed by atoms with Crippen molar-refractivity contribution in [2.45, 2.75) is 18.9 Å². The fraction of sp³-hybridized carbons (Fsp3) is 0.533. The number of methoxy groups -OCH3 is 1. The van der Waals surface area contributed by atoms with E-state index in [9.17, 15) is 4.79 Å². The van der Waals surface area contributed by atoms with E-state index < -0.39 is 0 Å². The van der Waals surface area contributed by atoms with E-state index in [1.807, 2.05) is 31.2 Å². The van der Waals surface area contributed by atoms with Crippen molar-refractivity contribution in [3.8, 4) is 0 Å². The molecule has 0 spiro atoms. The molecule has 5 nitrogen and oxygen atoms in total. The van der Waals surface area contributed by atoms with Crippen LogP contribution < -0.4 is 10.6 Å². The molecule has 2 rings (SSSR count). The Labute approximate surface area is 119 Å². The van der Waals surface area contributed by atoms with Crippen LogP contribution >= 0.6 is 0 Å². The molecule has 1 amide bonds. The van der Waals surface area contributed by atoms with Gasteiger partial charge in [0, 0.05) is 32.4 Å². The number of ether oxygens (including phenoxy) is 2. The van der Waals surface area contributed by atoms with Crippen LogP contribution in [0.2, 0.25) is 0 Å². The van der Waals surface area contributed by atoms with Gasteiger partial charge in [0.05, 0.1) is 13.2 Å². The predicted molar refractivity (Wildman–Crippen MR) is 77.9 cm³/mol. The Morgan fingerprint density at radius 2 is 2.15 bits per heavy atom. The van der Waals surface area contributed by atoms with Crippen LogP contribution in [0.25, 0.3) is 0 Å². The average molecular weight is 278 g/mol. The Morgan fingerprint density at radius 1 is 1.40 bits per heavy atom. The first kappa shape index (κ1) is 15.0. The van der Waals surface area contributed by atoms with E-state index in [4.69, 9.17) is 9.47 Å². The molecule has 20 heavy (non-hydrogen) atoms. The fourth-order valence-corrected chi connectivity index (χ4v) is 2.21. The maximum Gasteiger partial charge on any atom is 0.238 e. The van der Waals surface area contributed by atoms with E-state index in [-0.39, 0.29) is 18.1 Å². The quantitative estimate of drug-likeness (QED) is 0.824. The van der Waals surface area contributed by atoms with E-state index in [0.717, 1.165) is 12.1 Å². The third kappa shape index (κ3) is 4.03. The standard InChI is InChI=1S/C15H22N2O3/c1-12-3-5-13(6-4-12)17-14(18)9-16-10-15(19-2)7-8-20-11-15/h3-6,16H,7-11H2,1-2H3,(H,17,18). The Morgan fingerprint density at radius 3 is 2.75 bits per heavy atom. The van der Waals surface area contributed by atoms with Crippen molar-refractivity contribution in [2.75, 3.05) is 38.7 Å². The van der Waals surface area contributed by atoms with Gasteiger partial charge in [-0.3, -0.25) is 4.79 Å². The highest BCUT2D eigenvalue weighted by atomic mass is 16.5. The molecule has 1 heterocycles. The first-order valence-electron chi connectivity index (χ1n) is 6.84. The molecule has 5 heteroatoms. The van der Waals surface area contributed by atoms with Gasteiger partial charge in [-0.2, -0.15) is 0 Å². The minimum absolute atomic E-state index is 0.0565. The second-order valence-corrected chi connectivity index (χ2v) is 5.21. The summed E-state index contributed by atoms with van der Waals surface area (Å²) in [6.07, 6.45) is 0.857. The molecule has 110 valence electrons. The van der Waals surface area contributed by atoms with Gasteiger partial charge in [-0.25, -0.2) is 0 Å². The van der Waals surface area contributed by atoms with E-state index in [0.29, 0.717) is 19.8 Å². The molecule has 2 N–H and O–H groups in total. The summed E-state index contributed by atoms with van der Waals surface area (Å²) in [5.74, 6) is -0.0565. The zero-order chi connectivity index (χ0) is 14.4. The minimum Gasteiger partial charge on any atom is -0.378 e. The highest BCUT2D eigenvalue weighted by molar-refractivity contribution is 5.92. The monoisotopic (exact) mass is 278 g/mol. The normalized spacial score (nSPS) is 21.9. The van der Waals surface area contributed by atoms with Gasteiger partial charge < -0.3 is 20.1 Å². The summed E-state index contributed by atoms with van der Waals surface area (Å²) < 4.78 is 10.8. The van der Waals surface area contributed by atoms with Crippen LogP contribution in [0.3, 0.4) is 0 Å². The molecule has 1 saturated heterocycles. The van der Waals surface area contributed by atoms with E-state index >= 15 is 0 Å². The second kappa shape index (κ2) is 6.83. The van der Waals surface area contributed by atoms with Gasteiger partial charge in [-0.1, -0.05) is 17.7 Å². The Kier molecular flexibility index (Phi) is 5.11. The number of hydrogen-bond donors (Lipinski definition) is 2. The van der Waals surface area contributed by atoms with Crippen LogP contribution in [0.5, 0.6) is 0 Å². The largest absolute Gasteiger partial charge is 0.378 e. The molecular formula is C15H22N2O3. The van der Waals surface area contributed by atoms with Crippen molar-refractivity contribution >= 4 is 11.6 Å². The molecule has 0 saturated carbocycles. The number of nitrogens with one attached hydrogen (secondary N) is 2. The predicted octanol–water partition coefficient (Wildman–Crippen LogP) is 1.33. The molecule has 0 bridgehead atoms. The number of benzene rings is 1. The van der Waals surface area contributed by atoms with Crippen molar-refractivity contribution in [3.05, 3.63) is 29.8 Å². The second-order valence-electron chi connectivity index (χ2n) is 5.21.